The number of unbranched alkanes of at least 4 members (excludes halogenated alkanes) is 2. The fraction of sp³-hybridized carbons (Fsp3) is 0.714. The minimum atomic E-state index is -0.413. The van der Waals surface area contributed by atoms with E-state index in [-0.39, 0.29) is 5.97 Å². The van der Waals surface area contributed by atoms with Gasteiger partial charge in [0.05, 0.1) is 6.61 Å². The number of esters is 1. The van der Waals surface area contributed by atoms with Gasteiger partial charge in [0.1, 0.15) is 6.04 Å². The second-order valence-electron chi connectivity index (χ2n) is 7.42. The standard InChI is InChI=1S/C21H35N3O2/c1-3-26-21(25)20(18-9-7-14-23-19(18)17-10-11-17)24-15-12-16(2)8-5-4-6-13-22/h7,9,14,16-17,20,24H,3-6,8,10-13,15,22H2,1-2H3. The molecule has 1 saturated carbocycles. The number of carbonyl (C=O) groups is 1. The van der Waals surface area contributed by atoms with Crippen molar-refractivity contribution in [3.63, 3.8) is 0 Å². The predicted octanol–water partition coefficient (Wildman–Crippen LogP) is 3.70. The van der Waals surface area contributed by atoms with Gasteiger partial charge < -0.3 is 15.8 Å². The molecule has 2 rings (SSSR count). The first-order valence-corrected chi connectivity index (χ1v) is 10.2. The van der Waals surface area contributed by atoms with Crippen molar-refractivity contribution in [1.29, 1.82) is 0 Å². The molecule has 1 fully saturated rings. The molecule has 1 aromatic rings. The normalized spacial score (nSPS) is 16.3. The third kappa shape index (κ3) is 6.69. The van der Waals surface area contributed by atoms with Crippen LogP contribution in [0.25, 0.3) is 0 Å². The van der Waals surface area contributed by atoms with E-state index in [4.69, 9.17) is 10.5 Å². The average molecular weight is 362 g/mol. The van der Waals surface area contributed by atoms with Crippen LogP contribution in [-0.2, 0) is 9.53 Å². The second kappa shape index (κ2) is 11.3. The highest BCUT2D eigenvalue weighted by atomic mass is 16.5. The van der Waals surface area contributed by atoms with Crippen molar-refractivity contribution in [3.8, 4) is 0 Å². The SMILES string of the molecule is CCOC(=O)C(NCCC(C)CCCCCN)c1cccnc1C1CC1. The first-order valence-electron chi connectivity index (χ1n) is 10.2. The van der Waals surface area contributed by atoms with Crippen LogP contribution in [0, 0.1) is 5.92 Å². The summed E-state index contributed by atoms with van der Waals surface area (Å²) in [6.07, 6.45) is 9.97. The minimum Gasteiger partial charge on any atom is -0.465 e. The molecule has 0 bridgehead atoms. The minimum absolute atomic E-state index is 0.196. The van der Waals surface area contributed by atoms with E-state index in [0.717, 1.165) is 37.2 Å². The Bertz CT molecular complexity index is 546. The van der Waals surface area contributed by atoms with E-state index in [1.54, 1.807) is 0 Å². The zero-order valence-electron chi connectivity index (χ0n) is 16.4. The highest BCUT2D eigenvalue weighted by Crippen LogP contribution is 2.41. The Balaban J connectivity index is 1.91. The molecule has 5 heteroatoms. The molecular weight excluding hydrogens is 326 g/mol. The van der Waals surface area contributed by atoms with E-state index in [0.29, 0.717) is 18.4 Å². The molecule has 0 spiro atoms. The number of rotatable bonds is 13. The molecule has 3 N–H and O–H groups in total. The Morgan fingerprint density at radius 1 is 1.35 bits per heavy atom. The third-order valence-electron chi connectivity index (χ3n) is 5.06. The lowest BCUT2D eigenvalue weighted by Gasteiger charge is -2.21. The molecule has 26 heavy (non-hydrogen) atoms. The lowest BCUT2D eigenvalue weighted by atomic mass is 9.98. The van der Waals surface area contributed by atoms with Crippen LogP contribution < -0.4 is 11.1 Å². The van der Waals surface area contributed by atoms with Crippen molar-refractivity contribution < 1.29 is 9.53 Å². The summed E-state index contributed by atoms with van der Waals surface area (Å²) in [5.74, 6) is 0.948. The van der Waals surface area contributed by atoms with Crippen molar-refractivity contribution in [2.45, 2.75) is 70.8 Å². The fourth-order valence-corrected chi connectivity index (χ4v) is 3.35. The number of ether oxygens (including phenoxy) is 1. The highest BCUT2D eigenvalue weighted by Gasteiger charge is 2.32. The van der Waals surface area contributed by atoms with Crippen LogP contribution in [0.1, 0.15) is 82.0 Å². The maximum absolute atomic E-state index is 12.5. The fourth-order valence-electron chi connectivity index (χ4n) is 3.35. The first-order chi connectivity index (χ1) is 12.7. The van der Waals surface area contributed by atoms with Gasteiger partial charge in [0.2, 0.25) is 0 Å². The van der Waals surface area contributed by atoms with Gasteiger partial charge in [-0.2, -0.15) is 0 Å². The van der Waals surface area contributed by atoms with Crippen LogP contribution in [0.3, 0.4) is 0 Å². The number of nitrogens with zero attached hydrogens (tertiary/aromatic N) is 1. The molecule has 1 aromatic heterocycles. The smallest absolute Gasteiger partial charge is 0.327 e. The summed E-state index contributed by atoms with van der Waals surface area (Å²) >= 11 is 0. The molecule has 0 amide bonds. The number of pyridine rings is 1. The van der Waals surface area contributed by atoms with Gasteiger partial charge in [-0.15, -0.1) is 0 Å². The maximum atomic E-state index is 12.5. The van der Waals surface area contributed by atoms with E-state index >= 15 is 0 Å². The lowest BCUT2D eigenvalue weighted by Crippen LogP contribution is -2.32. The van der Waals surface area contributed by atoms with E-state index in [2.05, 4.69) is 17.2 Å². The van der Waals surface area contributed by atoms with Crippen LogP contribution in [0.5, 0.6) is 0 Å². The van der Waals surface area contributed by atoms with Crippen LogP contribution >= 0.6 is 0 Å². The van der Waals surface area contributed by atoms with E-state index < -0.39 is 6.04 Å². The molecule has 1 aliphatic carbocycles. The Morgan fingerprint density at radius 2 is 2.15 bits per heavy atom. The van der Waals surface area contributed by atoms with Crippen molar-refractivity contribution in [1.82, 2.24) is 10.3 Å². The summed E-state index contributed by atoms with van der Waals surface area (Å²) in [4.78, 5) is 17.1. The Labute approximate surface area is 158 Å². The molecule has 0 radical (unpaired) electrons. The summed E-state index contributed by atoms with van der Waals surface area (Å²) < 4.78 is 5.32. The average Bonchev–Trinajstić information content (AvgIpc) is 3.48. The number of hydrogen-bond acceptors (Lipinski definition) is 5. The largest absolute Gasteiger partial charge is 0.465 e. The Morgan fingerprint density at radius 3 is 2.85 bits per heavy atom. The van der Waals surface area contributed by atoms with Gasteiger partial charge in [-0.3, -0.25) is 4.98 Å². The molecule has 0 saturated heterocycles. The summed E-state index contributed by atoms with van der Waals surface area (Å²) in [6, 6.07) is 3.52. The zero-order valence-corrected chi connectivity index (χ0v) is 16.4. The molecule has 5 nitrogen and oxygen atoms in total. The Hall–Kier alpha value is -1.46. The van der Waals surface area contributed by atoms with Crippen molar-refractivity contribution in [2.75, 3.05) is 19.7 Å². The molecule has 1 heterocycles. The molecule has 1 aliphatic rings. The van der Waals surface area contributed by atoms with Crippen LogP contribution in [0.15, 0.2) is 18.3 Å². The molecule has 0 aromatic carbocycles. The first kappa shape index (κ1) is 20.8. The summed E-state index contributed by atoms with van der Waals surface area (Å²) in [7, 11) is 0. The van der Waals surface area contributed by atoms with Gasteiger partial charge >= 0.3 is 5.97 Å². The lowest BCUT2D eigenvalue weighted by molar-refractivity contribution is -0.145. The number of aromatic nitrogens is 1. The zero-order chi connectivity index (χ0) is 18.8. The van der Waals surface area contributed by atoms with Crippen LogP contribution in [0.4, 0.5) is 0 Å². The van der Waals surface area contributed by atoms with Crippen LogP contribution in [-0.4, -0.2) is 30.6 Å². The number of hydrogen-bond donors (Lipinski definition) is 2. The third-order valence-corrected chi connectivity index (χ3v) is 5.06. The van der Waals surface area contributed by atoms with E-state index in [9.17, 15) is 4.79 Å². The molecular formula is C21H35N3O2. The maximum Gasteiger partial charge on any atom is 0.327 e. The van der Waals surface area contributed by atoms with Gasteiger partial charge in [-0.1, -0.05) is 32.3 Å². The van der Waals surface area contributed by atoms with Gasteiger partial charge in [0.15, 0.2) is 0 Å². The van der Waals surface area contributed by atoms with Crippen LogP contribution in [0.2, 0.25) is 0 Å². The monoisotopic (exact) mass is 361 g/mol. The number of carbonyl (C=O) groups excluding carboxylic acids is 1. The quantitative estimate of drug-likeness (QED) is 0.414. The summed E-state index contributed by atoms with van der Waals surface area (Å²) in [6.45, 7) is 6.12. The second-order valence-corrected chi connectivity index (χ2v) is 7.42. The molecule has 2 atom stereocenters. The van der Waals surface area contributed by atoms with Crippen molar-refractivity contribution >= 4 is 5.97 Å². The van der Waals surface area contributed by atoms with Gasteiger partial charge in [0.25, 0.3) is 0 Å². The number of nitrogens with one attached hydrogen (secondary N) is 1. The van der Waals surface area contributed by atoms with E-state index in [1.807, 2.05) is 25.3 Å². The van der Waals surface area contributed by atoms with E-state index in [1.165, 1.54) is 32.1 Å². The summed E-state index contributed by atoms with van der Waals surface area (Å²) in [5.41, 5.74) is 7.60. The van der Waals surface area contributed by atoms with Crippen molar-refractivity contribution in [3.05, 3.63) is 29.6 Å². The van der Waals surface area contributed by atoms with Crippen molar-refractivity contribution in [2.24, 2.45) is 11.7 Å². The van der Waals surface area contributed by atoms with Gasteiger partial charge in [-0.05, 0) is 57.7 Å². The summed E-state index contributed by atoms with van der Waals surface area (Å²) in [5, 5.41) is 3.44. The topological polar surface area (TPSA) is 77.2 Å². The molecule has 146 valence electrons. The highest BCUT2D eigenvalue weighted by molar-refractivity contribution is 5.78. The predicted molar refractivity (Wildman–Crippen MR) is 105 cm³/mol. The molecule has 2 unspecified atom stereocenters. The number of nitrogens with two attached hydrogens (primary N) is 1. The van der Waals surface area contributed by atoms with Gasteiger partial charge in [0, 0.05) is 23.4 Å². The Kier molecular flexibility index (Phi) is 9.06. The molecule has 0 aliphatic heterocycles. The van der Waals surface area contributed by atoms with Gasteiger partial charge in [-0.25, -0.2) is 4.79 Å².